The van der Waals surface area contributed by atoms with E-state index < -0.39 is 29.3 Å². The van der Waals surface area contributed by atoms with Crippen LogP contribution in [0.2, 0.25) is 5.02 Å². The van der Waals surface area contributed by atoms with Crippen LogP contribution < -0.4 is 0 Å². The summed E-state index contributed by atoms with van der Waals surface area (Å²) in [6.45, 7) is 0.757. The van der Waals surface area contributed by atoms with Gasteiger partial charge >= 0.3 is 11.9 Å². The number of carbonyl (C=O) groups is 2. The molecule has 1 aromatic carbocycles. The van der Waals surface area contributed by atoms with Crippen LogP contribution >= 0.6 is 11.6 Å². The third-order valence-corrected chi connectivity index (χ3v) is 4.71. The van der Waals surface area contributed by atoms with E-state index in [0.717, 1.165) is 7.11 Å². The monoisotopic (exact) mass is 410 g/mol. The zero-order valence-corrected chi connectivity index (χ0v) is 16.2. The number of nitro groups is 1. The average Bonchev–Trinajstić information content (AvgIpc) is 2.64. The SMILES string of the molecule is COC(=O)C1=C(OCC[N+](=O)[O-])N(C)C(C)=C(C(=O)O)C1c1ccccc1Cl. The fourth-order valence-corrected chi connectivity index (χ4v) is 3.24. The Morgan fingerprint density at radius 1 is 1.32 bits per heavy atom. The molecule has 0 aliphatic carbocycles. The Hall–Kier alpha value is -3.07. The molecule has 9 nitrogen and oxygen atoms in total. The number of halogens is 1. The van der Waals surface area contributed by atoms with Crippen LogP contribution in [-0.4, -0.2) is 54.2 Å². The van der Waals surface area contributed by atoms with Crippen molar-refractivity contribution >= 4 is 23.5 Å². The van der Waals surface area contributed by atoms with Crippen molar-refractivity contribution in [1.29, 1.82) is 0 Å². The average molecular weight is 411 g/mol. The van der Waals surface area contributed by atoms with E-state index >= 15 is 0 Å². The first-order chi connectivity index (χ1) is 13.2. The molecule has 0 fully saturated rings. The highest BCUT2D eigenvalue weighted by Crippen LogP contribution is 2.44. The number of aliphatic carboxylic acids is 1. The summed E-state index contributed by atoms with van der Waals surface area (Å²) in [5.74, 6) is -3.14. The number of rotatable bonds is 7. The molecule has 1 N–H and O–H groups in total. The molecule has 150 valence electrons. The molecule has 0 spiro atoms. The van der Waals surface area contributed by atoms with Crippen molar-refractivity contribution in [3.8, 4) is 0 Å². The molecule has 1 heterocycles. The number of esters is 1. The summed E-state index contributed by atoms with van der Waals surface area (Å²) in [5, 5.41) is 20.7. The minimum atomic E-state index is -1.24. The minimum absolute atomic E-state index is 0.0129. The second kappa shape index (κ2) is 8.75. The van der Waals surface area contributed by atoms with Gasteiger partial charge in [0, 0.05) is 22.7 Å². The quantitative estimate of drug-likeness (QED) is 0.413. The number of hydrogen-bond donors (Lipinski definition) is 1. The highest BCUT2D eigenvalue weighted by atomic mass is 35.5. The molecule has 1 aliphatic rings. The number of ether oxygens (including phenoxy) is 2. The molecule has 1 aromatic rings. The van der Waals surface area contributed by atoms with E-state index in [-0.39, 0.29) is 28.7 Å². The van der Waals surface area contributed by atoms with Crippen LogP contribution in [0, 0.1) is 10.1 Å². The molecule has 1 aliphatic heterocycles. The van der Waals surface area contributed by atoms with Gasteiger partial charge in [-0.25, -0.2) is 9.59 Å². The third-order valence-electron chi connectivity index (χ3n) is 4.37. The lowest BCUT2D eigenvalue weighted by Gasteiger charge is -2.35. The van der Waals surface area contributed by atoms with E-state index in [0.29, 0.717) is 11.3 Å². The predicted molar refractivity (Wildman–Crippen MR) is 99.1 cm³/mol. The van der Waals surface area contributed by atoms with Crippen molar-refractivity contribution in [2.75, 3.05) is 27.3 Å². The molecule has 2 rings (SSSR count). The normalized spacial score (nSPS) is 16.9. The highest BCUT2D eigenvalue weighted by molar-refractivity contribution is 6.31. The van der Waals surface area contributed by atoms with Crippen molar-refractivity contribution in [1.82, 2.24) is 4.90 Å². The van der Waals surface area contributed by atoms with Crippen LogP contribution in [0.15, 0.2) is 47.0 Å². The molecule has 1 unspecified atom stereocenters. The second-order valence-electron chi connectivity index (χ2n) is 5.93. The van der Waals surface area contributed by atoms with Crippen molar-refractivity contribution < 1.29 is 29.1 Å². The first-order valence-electron chi connectivity index (χ1n) is 8.20. The lowest BCUT2D eigenvalue weighted by Crippen LogP contribution is -2.35. The lowest BCUT2D eigenvalue weighted by molar-refractivity contribution is -0.483. The molecule has 10 heteroatoms. The number of allylic oxidation sites excluding steroid dienone is 1. The fraction of sp³-hybridized carbons (Fsp3) is 0.333. The topological polar surface area (TPSA) is 119 Å². The molecule has 0 bridgehead atoms. The summed E-state index contributed by atoms with van der Waals surface area (Å²) < 4.78 is 10.4. The fourth-order valence-electron chi connectivity index (χ4n) is 3.00. The standard InChI is InChI=1S/C18H19ClN2O7/c1-10-13(17(22)23)14(11-6-4-5-7-12(11)19)15(18(24)27-3)16(20(10)2)28-9-8-21(25)26/h4-7,14H,8-9H2,1-3H3,(H,22,23). The van der Waals surface area contributed by atoms with Gasteiger partial charge in [-0.1, -0.05) is 29.8 Å². The molecule has 1 atom stereocenters. The molecule has 0 saturated heterocycles. The van der Waals surface area contributed by atoms with Gasteiger partial charge in [0.25, 0.3) is 0 Å². The van der Waals surface area contributed by atoms with Gasteiger partial charge in [-0.2, -0.15) is 0 Å². The Morgan fingerprint density at radius 2 is 1.96 bits per heavy atom. The summed E-state index contributed by atoms with van der Waals surface area (Å²) in [5.41, 5.74) is 0.521. The summed E-state index contributed by atoms with van der Waals surface area (Å²) in [7, 11) is 2.66. The summed E-state index contributed by atoms with van der Waals surface area (Å²) >= 11 is 6.28. The van der Waals surface area contributed by atoms with E-state index in [4.69, 9.17) is 21.1 Å². The lowest BCUT2D eigenvalue weighted by atomic mass is 9.81. The number of nitrogens with zero attached hydrogens (tertiary/aromatic N) is 2. The summed E-state index contributed by atoms with van der Waals surface area (Å²) in [6.07, 6.45) is 0. The molecular formula is C18H19ClN2O7. The second-order valence-corrected chi connectivity index (χ2v) is 6.34. The van der Waals surface area contributed by atoms with Gasteiger partial charge < -0.3 is 19.5 Å². The highest BCUT2D eigenvalue weighted by Gasteiger charge is 2.42. The maximum atomic E-state index is 12.6. The van der Waals surface area contributed by atoms with Crippen molar-refractivity contribution in [3.63, 3.8) is 0 Å². The van der Waals surface area contributed by atoms with Gasteiger partial charge in [-0.15, -0.1) is 0 Å². The minimum Gasteiger partial charge on any atom is -0.478 e. The first-order valence-corrected chi connectivity index (χ1v) is 8.57. The third kappa shape index (κ3) is 4.09. The number of methoxy groups -OCH3 is 1. The first kappa shape index (κ1) is 21.2. The van der Waals surface area contributed by atoms with Crippen LogP contribution in [0.4, 0.5) is 0 Å². The van der Waals surface area contributed by atoms with Crippen molar-refractivity contribution in [3.05, 3.63) is 67.7 Å². The molecule has 0 aromatic heterocycles. The van der Waals surface area contributed by atoms with Gasteiger partial charge in [0.2, 0.25) is 12.4 Å². The number of carbonyl (C=O) groups excluding carboxylic acids is 1. The van der Waals surface area contributed by atoms with Gasteiger partial charge in [0.05, 0.1) is 18.6 Å². The smallest absolute Gasteiger partial charge is 0.340 e. The van der Waals surface area contributed by atoms with E-state index in [2.05, 4.69) is 0 Å². The van der Waals surface area contributed by atoms with Crippen LogP contribution in [-0.2, 0) is 19.1 Å². The predicted octanol–water partition coefficient (Wildman–Crippen LogP) is 2.41. The van der Waals surface area contributed by atoms with Gasteiger partial charge in [0.15, 0.2) is 6.61 Å². The van der Waals surface area contributed by atoms with Gasteiger partial charge in [-0.3, -0.25) is 10.1 Å². The van der Waals surface area contributed by atoms with Crippen molar-refractivity contribution in [2.24, 2.45) is 0 Å². The maximum absolute atomic E-state index is 12.6. The van der Waals surface area contributed by atoms with Crippen LogP contribution in [0.1, 0.15) is 18.4 Å². The molecular weight excluding hydrogens is 392 g/mol. The van der Waals surface area contributed by atoms with Gasteiger partial charge in [-0.05, 0) is 18.6 Å². The Bertz CT molecular complexity index is 878. The van der Waals surface area contributed by atoms with E-state index in [1.54, 1.807) is 31.2 Å². The molecule has 28 heavy (non-hydrogen) atoms. The van der Waals surface area contributed by atoms with Gasteiger partial charge in [0.1, 0.15) is 5.57 Å². The summed E-state index contributed by atoms with van der Waals surface area (Å²) in [4.78, 5) is 36.1. The number of benzene rings is 1. The van der Waals surface area contributed by atoms with E-state index in [9.17, 15) is 24.8 Å². The molecule has 0 saturated carbocycles. The Labute approximate surface area is 165 Å². The number of hydrogen-bond acceptors (Lipinski definition) is 7. The maximum Gasteiger partial charge on any atom is 0.340 e. The summed E-state index contributed by atoms with van der Waals surface area (Å²) in [6, 6.07) is 6.52. The van der Waals surface area contributed by atoms with E-state index in [1.807, 2.05) is 0 Å². The Kier molecular flexibility index (Phi) is 6.63. The zero-order valence-electron chi connectivity index (χ0n) is 15.5. The van der Waals surface area contributed by atoms with E-state index in [1.165, 1.54) is 11.9 Å². The van der Waals surface area contributed by atoms with Crippen molar-refractivity contribution in [2.45, 2.75) is 12.8 Å². The molecule has 0 radical (unpaired) electrons. The Morgan fingerprint density at radius 3 is 2.50 bits per heavy atom. The number of carboxylic acid groups (broad SMARTS) is 1. The largest absolute Gasteiger partial charge is 0.478 e. The zero-order chi connectivity index (χ0) is 21.0. The van der Waals surface area contributed by atoms with Crippen LogP contribution in [0.3, 0.4) is 0 Å². The van der Waals surface area contributed by atoms with Crippen LogP contribution in [0.25, 0.3) is 0 Å². The van der Waals surface area contributed by atoms with Crippen LogP contribution in [0.5, 0.6) is 0 Å². The Balaban J connectivity index is 2.72. The molecule has 0 amide bonds. The number of carboxylic acids is 1.